The minimum absolute atomic E-state index is 0.142. The van der Waals surface area contributed by atoms with Crippen LogP contribution in [-0.4, -0.2) is 11.6 Å². The summed E-state index contributed by atoms with van der Waals surface area (Å²) in [7, 11) is 0. The first-order valence-electron chi connectivity index (χ1n) is 10.1. The Morgan fingerprint density at radius 1 is 0.516 bits per heavy atom. The maximum Gasteiger partial charge on any atom is 0.186 e. The summed E-state index contributed by atoms with van der Waals surface area (Å²) >= 11 is 0. The van der Waals surface area contributed by atoms with E-state index in [1.807, 2.05) is 72.8 Å². The molecule has 0 N–H and O–H groups in total. The Bertz CT molecular complexity index is 1420. The molecule has 0 fully saturated rings. The zero-order valence-electron chi connectivity index (χ0n) is 16.5. The molecule has 6 rings (SSSR count). The lowest BCUT2D eigenvalue weighted by Gasteiger charge is -2.11. The van der Waals surface area contributed by atoms with Gasteiger partial charge in [0.25, 0.3) is 0 Å². The number of furan rings is 1. The fraction of sp³-hybridized carbons (Fsp3) is 0. The molecule has 0 amide bonds. The normalized spacial score (nSPS) is 13.2. The van der Waals surface area contributed by atoms with Crippen molar-refractivity contribution in [1.29, 1.82) is 0 Å². The van der Waals surface area contributed by atoms with Crippen molar-refractivity contribution in [2.24, 2.45) is 0 Å². The molecule has 1 heterocycles. The van der Waals surface area contributed by atoms with Gasteiger partial charge in [-0.05, 0) is 47.2 Å². The van der Waals surface area contributed by atoms with Gasteiger partial charge in [-0.1, -0.05) is 60.7 Å². The number of allylic oxidation sites excluding steroid dienone is 2. The minimum atomic E-state index is -0.142. The molecule has 3 heteroatoms. The second kappa shape index (κ2) is 6.64. The van der Waals surface area contributed by atoms with Crippen LogP contribution in [0.25, 0.3) is 44.2 Å². The molecule has 1 aliphatic carbocycles. The van der Waals surface area contributed by atoms with Crippen LogP contribution in [-0.2, 0) is 0 Å². The number of ketones is 2. The number of carbonyl (C=O) groups is 2. The average molecular weight is 400 g/mol. The van der Waals surface area contributed by atoms with E-state index in [9.17, 15) is 9.59 Å². The van der Waals surface area contributed by atoms with Crippen molar-refractivity contribution in [2.45, 2.75) is 0 Å². The van der Waals surface area contributed by atoms with Crippen LogP contribution in [0.1, 0.15) is 20.7 Å². The number of fused-ring (bicyclic) bond motifs is 3. The van der Waals surface area contributed by atoms with Gasteiger partial charge in [0.15, 0.2) is 11.6 Å². The third-order valence-corrected chi connectivity index (χ3v) is 5.80. The van der Waals surface area contributed by atoms with Crippen LogP contribution in [0.15, 0.2) is 101 Å². The molecular formula is C28H16O3. The van der Waals surface area contributed by atoms with Gasteiger partial charge in [0.05, 0.1) is 0 Å². The molecule has 1 aliphatic rings. The van der Waals surface area contributed by atoms with Gasteiger partial charge in [0, 0.05) is 33.0 Å². The predicted octanol–water partition coefficient (Wildman–Crippen LogP) is 6.86. The van der Waals surface area contributed by atoms with E-state index in [4.69, 9.17) is 4.42 Å². The lowest BCUT2D eigenvalue weighted by atomic mass is 9.90. The molecule has 3 nitrogen and oxygen atoms in total. The van der Waals surface area contributed by atoms with Crippen molar-refractivity contribution >= 4 is 33.1 Å². The second-order valence-electron chi connectivity index (χ2n) is 7.70. The monoisotopic (exact) mass is 400 g/mol. The molecule has 0 atom stereocenters. The molecule has 146 valence electrons. The number of rotatable bonds is 2. The molecule has 31 heavy (non-hydrogen) atoms. The molecule has 0 bridgehead atoms. The highest BCUT2D eigenvalue weighted by Gasteiger charge is 2.22. The van der Waals surface area contributed by atoms with Crippen LogP contribution in [0.5, 0.6) is 0 Å². The topological polar surface area (TPSA) is 47.3 Å². The lowest BCUT2D eigenvalue weighted by molar-refractivity contribution is 0.0994. The summed E-state index contributed by atoms with van der Waals surface area (Å²) < 4.78 is 6.43. The Hall–Kier alpha value is -4.24. The van der Waals surface area contributed by atoms with E-state index in [1.54, 1.807) is 0 Å². The Kier molecular flexibility index (Phi) is 3.77. The quantitative estimate of drug-likeness (QED) is 0.325. The van der Waals surface area contributed by atoms with Gasteiger partial charge in [0.1, 0.15) is 11.5 Å². The van der Waals surface area contributed by atoms with Gasteiger partial charge in [-0.25, -0.2) is 0 Å². The molecule has 1 aromatic heterocycles. The fourth-order valence-electron chi connectivity index (χ4n) is 4.28. The summed E-state index contributed by atoms with van der Waals surface area (Å²) in [5.41, 5.74) is 2.88. The molecule has 5 aromatic rings. The zero-order valence-corrected chi connectivity index (χ0v) is 16.5. The smallest absolute Gasteiger partial charge is 0.186 e. The minimum Gasteiger partial charge on any atom is -0.455 e. The number of hydrogen-bond acceptors (Lipinski definition) is 3. The van der Waals surface area contributed by atoms with E-state index in [2.05, 4.69) is 12.1 Å². The molecule has 4 aromatic carbocycles. The van der Waals surface area contributed by atoms with Crippen LogP contribution in [0, 0.1) is 0 Å². The third kappa shape index (κ3) is 2.75. The predicted molar refractivity (Wildman–Crippen MR) is 122 cm³/mol. The van der Waals surface area contributed by atoms with E-state index in [0.29, 0.717) is 11.1 Å². The summed E-state index contributed by atoms with van der Waals surface area (Å²) in [6.07, 6.45) is 2.69. The first-order valence-corrected chi connectivity index (χ1v) is 10.1. The van der Waals surface area contributed by atoms with Gasteiger partial charge in [-0.2, -0.15) is 0 Å². The van der Waals surface area contributed by atoms with E-state index in [-0.39, 0.29) is 11.6 Å². The standard InChI is InChI=1S/C28H16O3/c29-25-11-12-26(30)22-14-20-16-24-23(15-19(20)13-21(22)25)27(17-7-3-1-4-8-17)31-28(24)18-9-5-2-6-10-18/h1-16H. The number of hydrogen-bond donors (Lipinski definition) is 0. The molecule has 0 radical (unpaired) electrons. The van der Waals surface area contributed by atoms with Crippen molar-refractivity contribution in [3.63, 3.8) is 0 Å². The SMILES string of the molecule is O=C1C=CC(=O)c2cc3cc4c(-c5ccccc5)oc(-c5ccccc5)c4cc3cc21. The Balaban J connectivity index is 1.70. The van der Waals surface area contributed by atoms with Gasteiger partial charge in [-0.3, -0.25) is 9.59 Å². The summed E-state index contributed by atoms with van der Waals surface area (Å²) in [5, 5.41) is 3.76. The van der Waals surface area contributed by atoms with Gasteiger partial charge >= 0.3 is 0 Å². The number of benzene rings is 4. The molecular weight excluding hydrogens is 384 g/mol. The van der Waals surface area contributed by atoms with Crippen LogP contribution >= 0.6 is 0 Å². The lowest BCUT2D eigenvalue weighted by Crippen LogP contribution is -2.11. The van der Waals surface area contributed by atoms with Crippen molar-refractivity contribution in [3.8, 4) is 22.6 Å². The third-order valence-electron chi connectivity index (χ3n) is 5.80. The van der Waals surface area contributed by atoms with Crippen LogP contribution in [0.2, 0.25) is 0 Å². The van der Waals surface area contributed by atoms with E-state index >= 15 is 0 Å². The van der Waals surface area contributed by atoms with E-state index in [0.717, 1.165) is 44.2 Å². The van der Waals surface area contributed by atoms with Gasteiger partial charge < -0.3 is 4.42 Å². The zero-order chi connectivity index (χ0) is 20.9. The van der Waals surface area contributed by atoms with Crippen LogP contribution < -0.4 is 0 Å². The van der Waals surface area contributed by atoms with E-state index < -0.39 is 0 Å². The average Bonchev–Trinajstić information content (AvgIpc) is 3.18. The van der Waals surface area contributed by atoms with Crippen molar-refractivity contribution < 1.29 is 14.0 Å². The Morgan fingerprint density at radius 2 is 0.935 bits per heavy atom. The summed E-state index contributed by atoms with van der Waals surface area (Å²) in [6.45, 7) is 0. The summed E-state index contributed by atoms with van der Waals surface area (Å²) in [4.78, 5) is 24.7. The maximum atomic E-state index is 12.4. The molecule has 0 saturated heterocycles. The molecule has 0 saturated carbocycles. The fourth-order valence-corrected chi connectivity index (χ4v) is 4.28. The Morgan fingerprint density at radius 3 is 1.35 bits per heavy atom. The first-order chi connectivity index (χ1) is 15.2. The first kappa shape index (κ1) is 17.6. The van der Waals surface area contributed by atoms with Crippen LogP contribution in [0.4, 0.5) is 0 Å². The van der Waals surface area contributed by atoms with Crippen molar-refractivity contribution in [3.05, 3.63) is 108 Å². The highest BCUT2D eigenvalue weighted by Crippen LogP contribution is 2.41. The molecule has 0 unspecified atom stereocenters. The maximum absolute atomic E-state index is 12.4. The molecule has 0 aliphatic heterocycles. The van der Waals surface area contributed by atoms with Crippen LogP contribution in [0.3, 0.4) is 0 Å². The summed E-state index contributed by atoms with van der Waals surface area (Å²) in [5.74, 6) is 1.29. The second-order valence-corrected chi connectivity index (χ2v) is 7.70. The van der Waals surface area contributed by atoms with Crippen molar-refractivity contribution in [1.82, 2.24) is 0 Å². The van der Waals surface area contributed by atoms with Crippen molar-refractivity contribution in [2.75, 3.05) is 0 Å². The highest BCUT2D eigenvalue weighted by molar-refractivity contribution is 6.24. The Labute approximate surface area is 178 Å². The largest absolute Gasteiger partial charge is 0.455 e. The summed E-state index contributed by atoms with van der Waals surface area (Å²) in [6, 6.07) is 27.7. The molecule has 0 spiro atoms. The number of carbonyl (C=O) groups excluding carboxylic acids is 2. The van der Waals surface area contributed by atoms with Gasteiger partial charge in [0.2, 0.25) is 0 Å². The van der Waals surface area contributed by atoms with E-state index in [1.165, 1.54) is 12.2 Å². The highest BCUT2D eigenvalue weighted by atomic mass is 16.3. The van der Waals surface area contributed by atoms with Gasteiger partial charge in [-0.15, -0.1) is 0 Å².